The average Bonchev–Trinajstić information content (AvgIpc) is 2.75. The standard InChI is InChI=1S/C24H34FN3O2S/c1-3-12-28(13-4-2)14-11-26-23(29)18-9-10-21-20(15-18)27-24(30)22(31-21)16-17-7-5-6-8-19(17)25/h5-8,16,18,20-21H,3-4,9-15H2,1-2H3,(H,26,29)(H,27,30)/b22-16+. The molecule has 1 aromatic carbocycles. The van der Waals surface area contributed by atoms with Crippen LogP contribution in [0.15, 0.2) is 29.2 Å². The molecule has 3 atom stereocenters. The maximum Gasteiger partial charge on any atom is 0.257 e. The fourth-order valence-corrected chi connectivity index (χ4v) is 5.70. The summed E-state index contributed by atoms with van der Waals surface area (Å²) in [4.78, 5) is 28.2. The van der Waals surface area contributed by atoms with Crippen LogP contribution in [0.2, 0.25) is 0 Å². The van der Waals surface area contributed by atoms with Crippen molar-refractivity contribution in [2.24, 2.45) is 5.92 Å². The van der Waals surface area contributed by atoms with E-state index in [2.05, 4.69) is 29.4 Å². The van der Waals surface area contributed by atoms with E-state index in [4.69, 9.17) is 0 Å². The van der Waals surface area contributed by atoms with Gasteiger partial charge in [0.05, 0.1) is 4.91 Å². The number of hydrogen-bond acceptors (Lipinski definition) is 4. The molecule has 1 aliphatic carbocycles. The Labute approximate surface area is 189 Å². The van der Waals surface area contributed by atoms with Gasteiger partial charge in [-0.3, -0.25) is 9.59 Å². The van der Waals surface area contributed by atoms with Crippen LogP contribution < -0.4 is 10.6 Å². The molecule has 1 aliphatic heterocycles. The van der Waals surface area contributed by atoms with Gasteiger partial charge in [-0.25, -0.2) is 4.39 Å². The van der Waals surface area contributed by atoms with Crippen molar-refractivity contribution in [2.75, 3.05) is 26.2 Å². The lowest BCUT2D eigenvalue weighted by molar-refractivity contribution is -0.127. The van der Waals surface area contributed by atoms with Gasteiger partial charge in [0.2, 0.25) is 5.91 Å². The third kappa shape index (κ3) is 6.56. The van der Waals surface area contributed by atoms with Crippen LogP contribution in [-0.2, 0) is 9.59 Å². The van der Waals surface area contributed by atoms with Crippen molar-refractivity contribution in [3.05, 3.63) is 40.6 Å². The number of thioether (sulfide) groups is 1. The van der Waals surface area contributed by atoms with Crippen LogP contribution in [0, 0.1) is 11.7 Å². The van der Waals surface area contributed by atoms with E-state index in [0.29, 0.717) is 23.4 Å². The molecule has 0 spiro atoms. The number of rotatable bonds is 9. The predicted molar refractivity (Wildman–Crippen MR) is 125 cm³/mol. The molecule has 170 valence electrons. The molecule has 31 heavy (non-hydrogen) atoms. The van der Waals surface area contributed by atoms with E-state index in [1.54, 1.807) is 24.3 Å². The molecule has 3 unspecified atom stereocenters. The second-order valence-corrected chi connectivity index (χ2v) is 9.69. The normalized spacial score (nSPS) is 24.7. The summed E-state index contributed by atoms with van der Waals surface area (Å²) in [6.45, 7) is 8.01. The van der Waals surface area contributed by atoms with Gasteiger partial charge in [0.15, 0.2) is 0 Å². The Morgan fingerprint density at radius 3 is 2.68 bits per heavy atom. The number of halogens is 1. The van der Waals surface area contributed by atoms with Crippen molar-refractivity contribution in [2.45, 2.75) is 57.2 Å². The molecule has 7 heteroatoms. The van der Waals surface area contributed by atoms with Gasteiger partial charge in [0.1, 0.15) is 5.82 Å². The van der Waals surface area contributed by atoms with E-state index in [1.807, 2.05) is 0 Å². The number of hydrogen-bond donors (Lipinski definition) is 2. The molecular formula is C24H34FN3O2S. The Kier molecular flexibility index (Phi) is 8.96. The third-order valence-electron chi connectivity index (χ3n) is 5.98. The number of amides is 2. The van der Waals surface area contributed by atoms with Crippen molar-refractivity contribution in [1.29, 1.82) is 0 Å². The Bertz CT molecular complexity index is 795. The summed E-state index contributed by atoms with van der Waals surface area (Å²) in [5, 5.41) is 6.39. The number of carbonyl (C=O) groups excluding carboxylic acids is 2. The highest BCUT2D eigenvalue weighted by atomic mass is 32.2. The summed E-state index contributed by atoms with van der Waals surface area (Å²) in [6, 6.07) is 6.45. The van der Waals surface area contributed by atoms with Gasteiger partial charge in [-0.1, -0.05) is 32.0 Å². The highest BCUT2D eigenvalue weighted by molar-refractivity contribution is 8.04. The van der Waals surface area contributed by atoms with Crippen molar-refractivity contribution >= 4 is 29.7 Å². The Morgan fingerprint density at radius 2 is 1.97 bits per heavy atom. The number of nitrogens with one attached hydrogen (secondary N) is 2. The van der Waals surface area contributed by atoms with Gasteiger partial charge in [-0.15, -0.1) is 11.8 Å². The van der Waals surface area contributed by atoms with Crippen LogP contribution in [0.5, 0.6) is 0 Å². The van der Waals surface area contributed by atoms with E-state index in [0.717, 1.165) is 45.3 Å². The van der Waals surface area contributed by atoms with Crippen LogP contribution in [0.4, 0.5) is 4.39 Å². The quantitative estimate of drug-likeness (QED) is 0.565. The molecule has 1 saturated carbocycles. The van der Waals surface area contributed by atoms with Gasteiger partial charge in [0, 0.05) is 35.9 Å². The maximum absolute atomic E-state index is 13.9. The zero-order valence-electron chi connectivity index (χ0n) is 18.5. The highest BCUT2D eigenvalue weighted by Crippen LogP contribution is 2.40. The molecule has 2 amide bonds. The van der Waals surface area contributed by atoms with E-state index in [-0.39, 0.29) is 34.8 Å². The molecule has 2 fully saturated rings. The monoisotopic (exact) mass is 447 g/mol. The summed E-state index contributed by atoms with van der Waals surface area (Å²) in [6.07, 6.45) is 6.20. The Morgan fingerprint density at radius 1 is 1.23 bits per heavy atom. The SMILES string of the molecule is CCCN(CCC)CCNC(=O)C1CCC2S/C(=C/c3ccccc3F)C(=O)NC2C1. The molecule has 0 aromatic heterocycles. The van der Waals surface area contributed by atoms with E-state index in [9.17, 15) is 14.0 Å². The Hall–Kier alpha value is -1.86. The van der Waals surface area contributed by atoms with E-state index < -0.39 is 0 Å². The second-order valence-electron chi connectivity index (χ2n) is 8.41. The van der Waals surface area contributed by atoms with Crippen molar-refractivity contribution in [1.82, 2.24) is 15.5 Å². The van der Waals surface area contributed by atoms with E-state index in [1.165, 1.54) is 17.8 Å². The lowest BCUT2D eigenvalue weighted by atomic mass is 9.84. The highest BCUT2D eigenvalue weighted by Gasteiger charge is 2.39. The summed E-state index contributed by atoms with van der Waals surface area (Å²) in [7, 11) is 0. The molecule has 1 heterocycles. The fraction of sp³-hybridized carbons (Fsp3) is 0.583. The Balaban J connectivity index is 1.51. The number of benzene rings is 1. The van der Waals surface area contributed by atoms with Crippen molar-refractivity contribution in [3.63, 3.8) is 0 Å². The first kappa shape index (κ1) is 23.8. The van der Waals surface area contributed by atoms with Crippen LogP contribution in [0.3, 0.4) is 0 Å². The minimum absolute atomic E-state index is 0.0172. The molecule has 2 N–H and O–H groups in total. The van der Waals surface area contributed by atoms with Gasteiger partial charge in [-0.05, 0) is 57.3 Å². The summed E-state index contributed by atoms with van der Waals surface area (Å²) in [5.74, 6) is -0.476. The first-order valence-corrected chi connectivity index (χ1v) is 12.3. The second kappa shape index (κ2) is 11.7. The van der Waals surface area contributed by atoms with E-state index >= 15 is 0 Å². The van der Waals surface area contributed by atoms with Crippen molar-refractivity contribution in [3.8, 4) is 0 Å². The van der Waals surface area contributed by atoms with Gasteiger partial charge >= 0.3 is 0 Å². The largest absolute Gasteiger partial charge is 0.355 e. The first-order valence-electron chi connectivity index (χ1n) is 11.5. The van der Waals surface area contributed by atoms with Crippen LogP contribution in [-0.4, -0.2) is 54.2 Å². The summed E-state index contributed by atoms with van der Waals surface area (Å²) < 4.78 is 13.9. The molecular weight excluding hydrogens is 413 g/mol. The molecule has 1 aromatic rings. The lowest BCUT2D eigenvalue weighted by Gasteiger charge is -2.39. The minimum atomic E-state index is -0.331. The smallest absolute Gasteiger partial charge is 0.257 e. The lowest BCUT2D eigenvalue weighted by Crippen LogP contribution is -2.52. The third-order valence-corrected chi connectivity index (χ3v) is 7.40. The molecule has 3 rings (SSSR count). The topological polar surface area (TPSA) is 61.4 Å². The average molecular weight is 448 g/mol. The number of nitrogens with zero attached hydrogens (tertiary/aromatic N) is 1. The predicted octanol–water partition coefficient (Wildman–Crippen LogP) is 3.81. The van der Waals surface area contributed by atoms with Crippen LogP contribution in [0.1, 0.15) is 51.5 Å². The van der Waals surface area contributed by atoms with Gasteiger partial charge in [-0.2, -0.15) is 0 Å². The molecule has 0 bridgehead atoms. The number of carbonyl (C=O) groups is 2. The number of fused-ring (bicyclic) bond motifs is 1. The molecule has 2 aliphatic rings. The molecule has 1 saturated heterocycles. The zero-order chi connectivity index (χ0) is 22.2. The van der Waals surface area contributed by atoms with Crippen LogP contribution >= 0.6 is 11.8 Å². The summed E-state index contributed by atoms with van der Waals surface area (Å²) in [5.41, 5.74) is 0.423. The summed E-state index contributed by atoms with van der Waals surface area (Å²) >= 11 is 1.52. The van der Waals surface area contributed by atoms with Crippen molar-refractivity contribution < 1.29 is 14.0 Å². The molecule has 0 radical (unpaired) electrons. The van der Waals surface area contributed by atoms with Crippen LogP contribution in [0.25, 0.3) is 6.08 Å². The minimum Gasteiger partial charge on any atom is -0.355 e. The molecule has 5 nitrogen and oxygen atoms in total. The zero-order valence-corrected chi connectivity index (χ0v) is 19.3. The fourth-order valence-electron chi connectivity index (χ4n) is 4.41. The first-order chi connectivity index (χ1) is 15.0. The van der Waals surface area contributed by atoms with Gasteiger partial charge < -0.3 is 15.5 Å². The maximum atomic E-state index is 13.9. The van der Waals surface area contributed by atoms with Gasteiger partial charge in [0.25, 0.3) is 5.91 Å².